The predicted octanol–water partition coefficient (Wildman–Crippen LogP) is 3.19. The van der Waals surface area contributed by atoms with Gasteiger partial charge in [-0.25, -0.2) is 0 Å². The molecule has 154 valence electrons. The quantitative estimate of drug-likeness (QED) is 0.381. The fourth-order valence-corrected chi connectivity index (χ4v) is 5.62. The third kappa shape index (κ3) is 2.39. The van der Waals surface area contributed by atoms with Crippen LogP contribution in [0.5, 0.6) is 11.5 Å². The standard InChI is InChI=1S/C28H18BN3O/c1-2-8-19(9-3-1)29-22-11-6-15-31-26(22)28(27-23(29)12-7-16-32-27)20-10-4-5-13-24(20)33-25-18-30-17-14-21(25)28/h1-18H. The Bertz CT molecular complexity index is 1420. The fraction of sp³-hybridized carbons (Fsp3) is 0.0357. The Hall–Kier alpha value is -4.25. The van der Waals surface area contributed by atoms with Gasteiger partial charge in [0.15, 0.2) is 5.75 Å². The summed E-state index contributed by atoms with van der Waals surface area (Å²) in [5.41, 5.74) is 6.96. The highest BCUT2D eigenvalue weighted by Crippen LogP contribution is 2.54. The minimum absolute atomic E-state index is 0.0459. The van der Waals surface area contributed by atoms with Gasteiger partial charge in [-0.05, 0) is 35.2 Å². The number of nitrogens with zero attached hydrogens (tertiary/aromatic N) is 3. The van der Waals surface area contributed by atoms with Crippen LogP contribution in [0.4, 0.5) is 0 Å². The van der Waals surface area contributed by atoms with Gasteiger partial charge in [0.2, 0.25) is 6.71 Å². The molecule has 2 aliphatic heterocycles. The Morgan fingerprint density at radius 3 is 2.03 bits per heavy atom. The molecule has 0 radical (unpaired) electrons. The van der Waals surface area contributed by atoms with Crippen LogP contribution in [-0.4, -0.2) is 21.7 Å². The molecule has 5 heteroatoms. The lowest BCUT2D eigenvalue weighted by molar-refractivity contribution is 0.428. The van der Waals surface area contributed by atoms with Crippen molar-refractivity contribution < 1.29 is 4.74 Å². The molecule has 0 atom stereocenters. The van der Waals surface area contributed by atoms with Gasteiger partial charge in [0, 0.05) is 29.7 Å². The van der Waals surface area contributed by atoms with Gasteiger partial charge in [-0.2, -0.15) is 0 Å². The molecule has 0 amide bonds. The molecule has 0 unspecified atom stereocenters. The molecule has 0 bridgehead atoms. The van der Waals surface area contributed by atoms with Crippen LogP contribution in [0.15, 0.2) is 110 Å². The van der Waals surface area contributed by atoms with Gasteiger partial charge in [-0.3, -0.25) is 15.0 Å². The molecule has 33 heavy (non-hydrogen) atoms. The lowest BCUT2D eigenvalue weighted by Gasteiger charge is -2.44. The monoisotopic (exact) mass is 423 g/mol. The number of ether oxygens (including phenoxy) is 1. The van der Waals surface area contributed by atoms with Crippen LogP contribution in [0.25, 0.3) is 0 Å². The summed E-state index contributed by atoms with van der Waals surface area (Å²) in [5.74, 6) is 1.55. The second-order valence-electron chi connectivity index (χ2n) is 8.45. The highest BCUT2D eigenvalue weighted by Gasteiger charge is 2.54. The van der Waals surface area contributed by atoms with E-state index in [1.54, 1.807) is 6.20 Å². The van der Waals surface area contributed by atoms with Crippen molar-refractivity contribution in [3.8, 4) is 11.5 Å². The van der Waals surface area contributed by atoms with E-state index < -0.39 is 5.41 Å². The second kappa shape index (κ2) is 6.88. The third-order valence-corrected chi connectivity index (χ3v) is 6.84. The van der Waals surface area contributed by atoms with E-state index >= 15 is 0 Å². The predicted molar refractivity (Wildman–Crippen MR) is 129 cm³/mol. The zero-order valence-electron chi connectivity index (χ0n) is 17.7. The van der Waals surface area contributed by atoms with Crippen LogP contribution in [0, 0.1) is 0 Å². The smallest absolute Gasteiger partial charge is 0.246 e. The molecule has 0 saturated heterocycles. The number of fused-ring (bicyclic) bond motifs is 8. The molecule has 5 heterocycles. The number of benzene rings is 2. The van der Waals surface area contributed by atoms with Crippen LogP contribution in [0.1, 0.15) is 22.5 Å². The average molecular weight is 423 g/mol. The number of para-hydroxylation sites is 1. The van der Waals surface area contributed by atoms with Gasteiger partial charge < -0.3 is 4.74 Å². The van der Waals surface area contributed by atoms with Crippen LogP contribution in [0.2, 0.25) is 0 Å². The minimum Gasteiger partial charge on any atom is -0.455 e. The highest BCUT2D eigenvalue weighted by molar-refractivity contribution is 6.96. The van der Waals surface area contributed by atoms with Gasteiger partial charge in [0.05, 0.1) is 17.6 Å². The molecule has 1 spiro atoms. The normalized spacial score (nSPS) is 14.5. The van der Waals surface area contributed by atoms with Crippen molar-refractivity contribution in [2.24, 2.45) is 0 Å². The molecule has 7 rings (SSSR count). The summed E-state index contributed by atoms with van der Waals surface area (Å²) in [4.78, 5) is 14.5. The molecular weight excluding hydrogens is 405 g/mol. The van der Waals surface area contributed by atoms with E-state index in [1.165, 1.54) is 16.4 Å². The van der Waals surface area contributed by atoms with Gasteiger partial charge in [0.1, 0.15) is 11.2 Å². The van der Waals surface area contributed by atoms with Gasteiger partial charge in [0.25, 0.3) is 0 Å². The Kier molecular flexibility index (Phi) is 3.82. The zero-order chi connectivity index (χ0) is 21.8. The van der Waals surface area contributed by atoms with Crippen molar-refractivity contribution >= 4 is 23.1 Å². The number of hydrogen-bond acceptors (Lipinski definition) is 4. The van der Waals surface area contributed by atoms with Crippen LogP contribution in [0.3, 0.4) is 0 Å². The van der Waals surface area contributed by atoms with Crippen LogP contribution < -0.4 is 21.1 Å². The summed E-state index contributed by atoms with van der Waals surface area (Å²) < 4.78 is 6.33. The molecule has 0 aliphatic carbocycles. The van der Waals surface area contributed by atoms with Crippen molar-refractivity contribution in [3.63, 3.8) is 0 Å². The van der Waals surface area contributed by atoms with Gasteiger partial charge >= 0.3 is 0 Å². The van der Waals surface area contributed by atoms with E-state index in [2.05, 4.69) is 59.6 Å². The lowest BCUT2D eigenvalue weighted by atomic mass is 9.32. The maximum atomic E-state index is 6.33. The summed E-state index contributed by atoms with van der Waals surface area (Å²) in [6.07, 6.45) is 7.39. The summed E-state index contributed by atoms with van der Waals surface area (Å²) >= 11 is 0. The van der Waals surface area contributed by atoms with Gasteiger partial charge in [-0.1, -0.05) is 66.1 Å². The Morgan fingerprint density at radius 2 is 1.27 bits per heavy atom. The third-order valence-electron chi connectivity index (χ3n) is 6.84. The number of hydrogen-bond donors (Lipinski definition) is 0. The number of pyridine rings is 3. The molecular formula is C28H18BN3O. The first kappa shape index (κ1) is 18.3. The van der Waals surface area contributed by atoms with E-state index in [1.807, 2.05) is 48.9 Å². The SMILES string of the molecule is c1ccc(B2c3cccnc3C3(c4ccccc4Oc4cnccc43)c3ncccc32)cc1. The molecule has 5 aromatic rings. The van der Waals surface area contributed by atoms with E-state index in [-0.39, 0.29) is 6.71 Å². The number of aromatic nitrogens is 3. The average Bonchev–Trinajstić information content (AvgIpc) is 2.89. The maximum Gasteiger partial charge on any atom is 0.246 e. The van der Waals surface area contributed by atoms with Crippen molar-refractivity contribution in [3.05, 3.63) is 132 Å². The van der Waals surface area contributed by atoms with E-state index in [9.17, 15) is 0 Å². The summed E-state index contributed by atoms with van der Waals surface area (Å²) in [6, 6.07) is 29.3. The van der Waals surface area contributed by atoms with E-state index in [4.69, 9.17) is 14.7 Å². The molecule has 3 aromatic heterocycles. The molecule has 2 aromatic carbocycles. The largest absolute Gasteiger partial charge is 0.455 e. The number of rotatable bonds is 1. The Morgan fingerprint density at radius 1 is 0.606 bits per heavy atom. The summed E-state index contributed by atoms with van der Waals surface area (Å²) in [6.45, 7) is 0.0459. The first-order chi connectivity index (χ1) is 16.4. The van der Waals surface area contributed by atoms with Crippen LogP contribution >= 0.6 is 0 Å². The molecule has 2 aliphatic rings. The highest BCUT2D eigenvalue weighted by atomic mass is 16.5. The molecule has 4 nitrogen and oxygen atoms in total. The fourth-order valence-electron chi connectivity index (χ4n) is 5.62. The molecule has 0 fully saturated rings. The summed E-state index contributed by atoms with van der Waals surface area (Å²) in [5, 5.41) is 0. The first-order valence-electron chi connectivity index (χ1n) is 11.1. The lowest BCUT2D eigenvalue weighted by Crippen LogP contribution is -2.63. The molecule has 0 saturated carbocycles. The van der Waals surface area contributed by atoms with Crippen molar-refractivity contribution in [2.45, 2.75) is 5.41 Å². The van der Waals surface area contributed by atoms with E-state index in [0.29, 0.717) is 0 Å². The first-order valence-corrected chi connectivity index (χ1v) is 11.1. The second-order valence-corrected chi connectivity index (χ2v) is 8.45. The minimum atomic E-state index is -0.689. The van der Waals surface area contributed by atoms with Crippen molar-refractivity contribution in [1.82, 2.24) is 15.0 Å². The Balaban J connectivity index is 1.67. The van der Waals surface area contributed by atoms with Gasteiger partial charge in [-0.15, -0.1) is 0 Å². The maximum absolute atomic E-state index is 6.33. The summed E-state index contributed by atoms with van der Waals surface area (Å²) in [7, 11) is 0. The van der Waals surface area contributed by atoms with E-state index in [0.717, 1.165) is 34.0 Å². The van der Waals surface area contributed by atoms with Crippen LogP contribution in [-0.2, 0) is 5.41 Å². The van der Waals surface area contributed by atoms with Crippen molar-refractivity contribution in [1.29, 1.82) is 0 Å². The zero-order valence-corrected chi connectivity index (χ0v) is 17.7. The Labute approximate surface area is 192 Å². The topological polar surface area (TPSA) is 47.9 Å². The van der Waals surface area contributed by atoms with Crippen molar-refractivity contribution in [2.75, 3.05) is 0 Å². The molecule has 0 N–H and O–H groups in total.